The van der Waals surface area contributed by atoms with E-state index in [-0.39, 0.29) is 25.1 Å². The van der Waals surface area contributed by atoms with Crippen molar-refractivity contribution in [1.29, 1.82) is 0 Å². The summed E-state index contributed by atoms with van der Waals surface area (Å²) in [4.78, 5) is 0. The lowest BCUT2D eigenvalue weighted by Gasteiger charge is -2.16. The van der Waals surface area contributed by atoms with E-state index in [0.717, 1.165) is 0 Å². The Kier molecular flexibility index (Phi) is 5.88. The van der Waals surface area contributed by atoms with E-state index in [1.807, 2.05) is 13.8 Å². The molecular weight excluding hydrogens is 289 g/mol. The smallest absolute Gasteiger partial charge is 0.147 e. The van der Waals surface area contributed by atoms with Crippen molar-refractivity contribution in [3.63, 3.8) is 0 Å². The van der Waals surface area contributed by atoms with Crippen LogP contribution in [-0.2, 0) is 4.74 Å². The Labute approximate surface area is 109 Å². The molecule has 0 heterocycles. The molecule has 2 N–H and O–H groups in total. The molecule has 1 aromatic carbocycles. The van der Waals surface area contributed by atoms with Gasteiger partial charge >= 0.3 is 0 Å². The number of hydrogen-bond acceptors (Lipinski definition) is 3. The lowest BCUT2D eigenvalue weighted by atomic mass is 10.3. The largest absolute Gasteiger partial charge is 0.389 e. The van der Waals surface area contributed by atoms with Crippen LogP contribution in [0.2, 0.25) is 0 Å². The van der Waals surface area contributed by atoms with E-state index in [2.05, 4.69) is 21.2 Å². The molecule has 5 heteroatoms. The topological polar surface area (TPSA) is 41.5 Å². The molecule has 1 aromatic rings. The summed E-state index contributed by atoms with van der Waals surface area (Å²) in [6.07, 6.45) is -0.589. The summed E-state index contributed by atoms with van der Waals surface area (Å²) in [5.41, 5.74) is 0.357. The van der Waals surface area contributed by atoms with Crippen LogP contribution >= 0.6 is 15.9 Å². The zero-order valence-electron chi connectivity index (χ0n) is 9.91. The Bertz CT molecular complexity index is 340. The van der Waals surface area contributed by atoms with Gasteiger partial charge in [0.15, 0.2) is 0 Å². The van der Waals surface area contributed by atoms with Gasteiger partial charge in [-0.3, -0.25) is 0 Å². The zero-order chi connectivity index (χ0) is 12.8. The highest BCUT2D eigenvalue weighted by atomic mass is 79.9. The fraction of sp³-hybridized carbons (Fsp3) is 0.500. The fourth-order valence-corrected chi connectivity index (χ4v) is 1.73. The predicted octanol–water partition coefficient (Wildman–Crippen LogP) is 2.79. The van der Waals surface area contributed by atoms with Gasteiger partial charge in [0, 0.05) is 11.0 Å². The molecule has 1 atom stereocenters. The average Bonchev–Trinajstić information content (AvgIpc) is 2.25. The minimum absolute atomic E-state index is 0.0739. The van der Waals surface area contributed by atoms with Crippen molar-refractivity contribution in [1.82, 2.24) is 0 Å². The van der Waals surface area contributed by atoms with Gasteiger partial charge in [-0.1, -0.05) is 6.07 Å². The third-order valence-corrected chi connectivity index (χ3v) is 2.76. The molecule has 0 amide bonds. The average molecular weight is 306 g/mol. The monoisotopic (exact) mass is 305 g/mol. The van der Waals surface area contributed by atoms with Gasteiger partial charge in [0.05, 0.1) is 24.5 Å². The normalized spacial score (nSPS) is 12.8. The minimum Gasteiger partial charge on any atom is -0.389 e. The Hall–Kier alpha value is -0.650. The van der Waals surface area contributed by atoms with Crippen LogP contribution in [0, 0.1) is 5.82 Å². The number of anilines is 1. The maximum absolute atomic E-state index is 13.4. The number of aliphatic hydroxyl groups is 1. The summed E-state index contributed by atoms with van der Waals surface area (Å²) in [6, 6.07) is 4.72. The van der Waals surface area contributed by atoms with Crippen molar-refractivity contribution in [2.24, 2.45) is 0 Å². The van der Waals surface area contributed by atoms with E-state index in [4.69, 9.17) is 4.74 Å². The van der Waals surface area contributed by atoms with Crippen molar-refractivity contribution < 1.29 is 14.2 Å². The maximum Gasteiger partial charge on any atom is 0.147 e. The van der Waals surface area contributed by atoms with Gasteiger partial charge in [0.2, 0.25) is 0 Å². The van der Waals surface area contributed by atoms with Crippen LogP contribution in [0.15, 0.2) is 22.7 Å². The van der Waals surface area contributed by atoms with Crippen LogP contribution in [0.1, 0.15) is 13.8 Å². The number of aliphatic hydroxyl groups excluding tert-OH is 1. The maximum atomic E-state index is 13.4. The number of benzene rings is 1. The first-order valence-corrected chi connectivity index (χ1v) is 6.27. The van der Waals surface area contributed by atoms with E-state index in [9.17, 15) is 9.50 Å². The van der Waals surface area contributed by atoms with Crippen LogP contribution in [0.4, 0.5) is 10.1 Å². The molecule has 0 saturated carbocycles. The standard InChI is InChI=1S/C12H17BrFNO2/c1-8(2)17-7-9(16)6-15-12-10(13)4-3-5-11(12)14/h3-5,8-9,15-16H,6-7H2,1-2H3. The van der Waals surface area contributed by atoms with Gasteiger partial charge in [-0.2, -0.15) is 0 Å². The first-order valence-electron chi connectivity index (χ1n) is 5.48. The number of rotatable bonds is 6. The molecule has 0 saturated heterocycles. The molecule has 3 nitrogen and oxygen atoms in total. The van der Waals surface area contributed by atoms with Gasteiger partial charge in [-0.05, 0) is 41.9 Å². The van der Waals surface area contributed by atoms with Gasteiger partial charge in [0.1, 0.15) is 5.82 Å². The van der Waals surface area contributed by atoms with Crippen LogP contribution < -0.4 is 5.32 Å². The van der Waals surface area contributed by atoms with Crippen molar-refractivity contribution in [2.75, 3.05) is 18.5 Å². The molecule has 1 unspecified atom stereocenters. The van der Waals surface area contributed by atoms with Gasteiger partial charge in [-0.25, -0.2) is 4.39 Å². The van der Waals surface area contributed by atoms with Crippen molar-refractivity contribution in [3.8, 4) is 0 Å². The highest BCUT2D eigenvalue weighted by molar-refractivity contribution is 9.10. The quantitative estimate of drug-likeness (QED) is 0.849. The summed E-state index contributed by atoms with van der Waals surface area (Å²) in [5, 5.41) is 12.5. The van der Waals surface area contributed by atoms with Gasteiger partial charge in [0.25, 0.3) is 0 Å². The van der Waals surface area contributed by atoms with E-state index in [1.165, 1.54) is 6.07 Å². The number of ether oxygens (including phenoxy) is 1. The summed E-state index contributed by atoms with van der Waals surface area (Å²) in [6.45, 7) is 4.27. The summed E-state index contributed by atoms with van der Waals surface area (Å²) < 4.78 is 19.3. The summed E-state index contributed by atoms with van der Waals surface area (Å²) in [5.74, 6) is -0.351. The van der Waals surface area contributed by atoms with Crippen LogP contribution in [-0.4, -0.2) is 30.5 Å². The molecule has 17 heavy (non-hydrogen) atoms. The first kappa shape index (κ1) is 14.4. The molecule has 0 radical (unpaired) electrons. The van der Waals surface area contributed by atoms with Crippen molar-refractivity contribution >= 4 is 21.6 Å². The predicted molar refractivity (Wildman–Crippen MR) is 69.7 cm³/mol. The van der Waals surface area contributed by atoms with E-state index in [1.54, 1.807) is 12.1 Å². The van der Waals surface area contributed by atoms with Crippen molar-refractivity contribution in [3.05, 3.63) is 28.5 Å². The second-order valence-electron chi connectivity index (χ2n) is 4.01. The molecule has 0 aliphatic heterocycles. The highest BCUT2D eigenvalue weighted by Gasteiger charge is 2.09. The number of halogens is 2. The Morgan fingerprint density at radius 2 is 2.18 bits per heavy atom. The SMILES string of the molecule is CC(C)OCC(O)CNc1c(F)cccc1Br. The zero-order valence-corrected chi connectivity index (χ0v) is 11.5. The second-order valence-corrected chi connectivity index (χ2v) is 4.87. The third-order valence-electron chi connectivity index (χ3n) is 2.10. The Balaban J connectivity index is 2.44. The van der Waals surface area contributed by atoms with Crippen LogP contribution in [0.3, 0.4) is 0 Å². The molecule has 0 aliphatic rings. The number of hydrogen-bond donors (Lipinski definition) is 2. The molecule has 96 valence electrons. The van der Waals surface area contributed by atoms with Crippen molar-refractivity contribution in [2.45, 2.75) is 26.1 Å². The molecule has 1 rings (SSSR count). The highest BCUT2D eigenvalue weighted by Crippen LogP contribution is 2.24. The summed E-state index contributed by atoms with van der Waals surface area (Å²) >= 11 is 3.24. The van der Waals surface area contributed by atoms with Crippen LogP contribution in [0.5, 0.6) is 0 Å². The number of nitrogens with one attached hydrogen (secondary N) is 1. The van der Waals surface area contributed by atoms with E-state index < -0.39 is 6.10 Å². The molecule has 0 bridgehead atoms. The van der Waals surface area contributed by atoms with E-state index in [0.29, 0.717) is 10.2 Å². The molecule has 0 aromatic heterocycles. The second kappa shape index (κ2) is 6.93. The third kappa shape index (κ3) is 5.02. The Morgan fingerprint density at radius 1 is 1.47 bits per heavy atom. The lowest BCUT2D eigenvalue weighted by molar-refractivity contribution is 0.0112. The lowest BCUT2D eigenvalue weighted by Crippen LogP contribution is -2.26. The first-order chi connectivity index (χ1) is 8.00. The van der Waals surface area contributed by atoms with E-state index >= 15 is 0 Å². The van der Waals surface area contributed by atoms with Crippen LogP contribution in [0.25, 0.3) is 0 Å². The molecule has 0 aliphatic carbocycles. The molecule has 0 spiro atoms. The van der Waals surface area contributed by atoms with Gasteiger partial charge < -0.3 is 15.2 Å². The molecule has 0 fully saturated rings. The number of para-hydroxylation sites is 1. The summed E-state index contributed by atoms with van der Waals surface area (Å²) in [7, 11) is 0. The Morgan fingerprint density at radius 3 is 2.76 bits per heavy atom. The minimum atomic E-state index is -0.663. The van der Waals surface area contributed by atoms with Gasteiger partial charge in [-0.15, -0.1) is 0 Å². The fourth-order valence-electron chi connectivity index (χ4n) is 1.25. The molecular formula is C12H17BrFNO2.